The van der Waals surface area contributed by atoms with Gasteiger partial charge < -0.3 is 4.90 Å². The van der Waals surface area contributed by atoms with Crippen LogP contribution in [0.25, 0.3) is 0 Å². The van der Waals surface area contributed by atoms with E-state index in [4.69, 9.17) is 4.98 Å². The van der Waals surface area contributed by atoms with Gasteiger partial charge >= 0.3 is 0 Å². The molecule has 26 heavy (non-hydrogen) atoms. The smallest absolute Gasteiger partial charge is 0.237 e. The SMILES string of the molecule is O=C(CN1CCCC1)N1CCC[C@H]1c1cccc(Cc2ccccc2)n1. The lowest BCUT2D eigenvalue weighted by atomic mass is 10.1. The fourth-order valence-corrected chi connectivity index (χ4v) is 4.18. The number of nitrogens with zero attached hydrogens (tertiary/aromatic N) is 3. The molecule has 4 rings (SSSR count). The molecular weight excluding hydrogens is 322 g/mol. The van der Waals surface area contributed by atoms with E-state index >= 15 is 0 Å². The van der Waals surface area contributed by atoms with Gasteiger partial charge in [0, 0.05) is 18.7 Å². The Balaban J connectivity index is 1.47. The van der Waals surface area contributed by atoms with E-state index in [1.807, 2.05) is 6.07 Å². The summed E-state index contributed by atoms with van der Waals surface area (Å²) in [4.78, 5) is 22.1. The number of likely N-dealkylation sites (tertiary alicyclic amines) is 2. The molecule has 0 saturated carbocycles. The zero-order valence-corrected chi connectivity index (χ0v) is 15.3. The number of hydrogen-bond acceptors (Lipinski definition) is 3. The van der Waals surface area contributed by atoms with Crippen molar-refractivity contribution in [2.75, 3.05) is 26.2 Å². The number of carbonyl (C=O) groups is 1. The predicted molar refractivity (Wildman–Crippen MR) is 103 cm³/mol. The number of benzene rings is 1. The molecule has 2 fully saturated rings. The number of carbonyl (C=O) groups excluding carboxylic acids is 1. The van der Waals surface area contributed by atoms with Crippen molar-refractivity contribution in [3.05, 3.63) is 65.5 Å². The van der Waals surface area contributed by atoms with Gasteiger partial charge in [-0.3, -0.25) is 14.7 Å². The van der Waals surface area contributed by atoms with Crippen LogP contribution < -0.4 is 0 Å². The molecule has 0 spiro atoms. The Morgan fingerprint density at radius 2 is 1.77 bits per heavy atom. The van der Waals surface area contributed by atoms with Gasteiger partial charge in [0.2, 0.25) is 5.91 Å². The first-order chi connectivity index (χ1) is 12.8. The maximum absolute atomic E-state index is 12.8. The molecule has 0 radical (unpaired) electrons. The molecule has 1 amide bonds. The fourth-order valence-electron chi connectivity index (χ4n) is 4.18. The minimum Gasteiger partial charge on any atom is -0.333 e. The molecule has 1 aromatic carbocycles. The molecule has 2 aliphatic rings. The predicted octanol–water partition coefficient (Wildman–Crippen LogP) is 3.43. The third-order valence-electron chi connectivity index (χ3n) is 5.53. The van der Waals surface area contributed by atoms with Crippen LogP contribution in [0.1, 0.15) is 48.7 Å². The first kappa shape index (κ1) is 17.2. The molecule has 1 aromatic heterocycles. The van der Waals surface area contributed by atoms with Crippen molar-refractivity contribution in [1.82, 2.24) is 14.8 Å². The Labute approximate surface area is 155 Å². The second kappa shape index (κ2) is 8.00. The molecule has 136 valence electrons. The van der Waals surface area contributed by atoms with Crippen molar-refractivity contribution in [2.45, 2.75) is 38.1 Å². The molecule has 1 atom stereocenters. The minimum absolute atomic E-state index is 0.140. The summed E-state index contributed by atoms with van der Waals surface area (Å²) in [6.45, 7) is 3.56. The summed E-state index contributed by atoms with van der Waals surface area (Å²) in [7, 11) is 0. The zero-order chi connectivity index (χ0) is 17.8. The average molecular weight is 349 g/mol. The third-order valence-corrected chi connectivity index (χ3v) is 5.53. The molecule has 4 heteroatoms. The standard InChI is InChI=1S/C22H27N3O/c26-22(17-24-13-4-5-14-24)25-15-7-12-21(25)20-11-6-10-19(23-20)16-18-8-2-1-3-9-18/h1-3,6,8-11,21H,4-5,7,12-17H2/t21-/m0/s1. The third kappa shape index (κ3) is 3.96. The van der Waals surface area contributed by atoms with E-state index in [0.29, 0.717) is 6.54 Å². The van der Waals surface area contributed by atoms with E-state index < -0.39 is 0 Å². The summed E-state index contributed by atoms with van der Waals surface area (Å²) >= 11 is 0. The summed E-state index contributed by atoms with van der Waals surface area (Å²) in [5.74, 6) is 0.268. The van der Waals surface area contributed by atoms with Crippen LogP contribution in [0, 0.1) is 0 Å². The highest BCUT2D eigenvalue weighted by Gasteiger charge is 2.32. The maximum atomic E-state index is 12.8. The quantitative estimate of drug-likeness (QED) is 0.830. The molecule has 3 heterocycles. The van der Waals surface area contributed by atoms with E-state index in [1.165, 1.54) is 18.4 Å². The topological polar surface area (TPSA) is 36.4 Å². The van der Waals surface area contributed by atoms with Gasteiger partial charge in [0.15, 0.2) is 0 Å². The van der Waals surface area contributed by atoms with E-state index in [1.54, 1.807) is 0 Å². The van der Waals surface area contributed by atoms with Gasteiger partial charge in [-0.2, -0.15) is 0 Å². The van der Waals surface area contributed by atoms with Crippen LogP contribution >= 0.6 is 0 Å². The Morgan fingerprint density at radius 1 is 0.962 bits per heavy atom. The molecule has 0 N–H and O–H groups in total. The van der Waals surface area contributed by atoms with Crippen molar-refractivity contribution >= 4 is 5.91 Å². The van der Waals surface area contributed by atoms with E-state index in [0.717, 1.165) is 50.3 Å². The highest BCUT2D eigenvalue weighted by molar-refractivity contribution is 5.79. The largest absolute Gasteiger partial charge is 0.333 e. The first-order valence-corrected chi connectivity index (χ1v) is 9.81. The van der Waals surface area contributed by atoms with E-state index in [9.17, 15) is 4.79 Å². The highest BCUT2D eigenvalue weighted by atomic mass is 16.2. The Bertz CT molecular complexity index is 740. The van der Waals surface area contributed by atoms with Crippen LogP contribution in [-0.2, 0) is 11.2 Å². The molecule has 0 aliphatic carbocycles. The Morgan fingerprint density at radius 3 is 2.58 bits per heavy atom. The molecule has 0 bridgehead atoms. The summed E-state index contributed by atoms with van der Waals surface area (Å²) in [6.07, 6.45) is 5.37. The lowest BCUT2D eigenvalue weighted by molar-refractivity contribution is -0.133. The molecule has 0 unspecified atom stereocenters. The van der Waals surface area contributed by atoms with Gasteiger partial charge in [-0.05, 0) is 56.5 Å². The van der Waals surface area contributed by atoms with E-state index in [2.05, 4.69) is 52.3 Å². The van der Waals surface area contributed by atoms with E-state index in [-0.39, 0.29) is 11.9 Å². The van der Waals surface area contributed by atoms with Crippen LogP contribution in [0.4, 0.5) is 0 Å². The van der Waals surface area contributed by atoms with Crippen molar-refractivity contribution in [3.63, 3.8) is 0 Å². The monoisotopic (exact) mass is 349 g/mol. The summed E-state index contributed by atoms with van der Waals surface area (Å²) in [6, 6.07) is 16.8. The average Bonchev–Trinajstić information content (AvgIpc) is 3.34. The lowest BCUT2D eigenvalue weighted by Gasteiger charge is -2.27. The second-order valence-electron chi connectivity index (χ2n) is 7.44. The number of aromatic nitrogens is 1. The van der Waals surface area contributed by atoms with Gasteiger partial charge in [0.05, 0.1) is 18.3 Å². The summed E-state index contributed by atoms with van der Waals surface area (Å²) < 4.78 is 0. The number of rotatable bonds is 5. The fraction of sp³-hybridized carbons (Fsp3) is 0.455. The van der Waals surface area contributed by atoms with Crippen molar-refractivity contribution < 1.29 is 4.79 Å². The summed E-state index contributed by atoms with van der Waals surface area (Å²) in [5, 5.41) is 0. The number of hydrogen-bond donors (Lipinski definition) is 0. The zero-order valence-electron chi connectivity index (χ0n) is 15.3. The van der Waals surface area contributed by atoms with Crippen molar-refractivity contribution in [1.29, 1.82) is 0 Å². The van der Waals surface area contributed by atoms with Crippen LogP contribution in [0.2, 0.25) is 0 Å². The molecule has 2 saturated heterocycles. The number of pyridine rings is 1. The van der Waals surface area contributed by atoms with Gasteiger partial charge in [0.1, 0.15) is 0 Å². The van der Waals surface area contributed by atoms with Gasteiger partial charge in [0.25, 0.3) is 0 Å². The normalized spacial score (nSPS) is 20.6. The Kier molecular flexibility index (Phi) is 5.30. The Hall–Kier alpha value is -2.20. The van der Waals surface area contributed by atoms with Crippen LogP contribution in [-0.4, -0.2) is 46.9 Å². The van der Waals surface area contributed by atoms with Crippen LogP contribution in [0.5, 0.6) is 0 Å². The molecule has 2 aliphatic heterocycles. The molecule has 4 nitrogen and oxygen atoms in total. The van der Waals surface area contributed by atoms with Gasteiger partial charge in [-0.1, -0.05) is 36.4 Å². The minimum atomic E-state index is 0.140. The number of amides is 1. The molecule has 2 aromatic rings. The van der Waals surface area contributed by atoms with Gasteiger partial charge in [-0.15, -0.1) is 0 Å². The second-order valence-corrected chi connectivity index (χ2v) is 7.44. The maximum Gasteiger partial charge on any atom is 0.237 e. The lowest BCUT2D eigenvalue weighted by Crippen LogP contribution is -2.39. The van der Waals surface area contributed by atoms with Crippen LogP contribution in [0.15, 0.2) is 48.5 Å². The van der Waals surface area contributed by atoms with Crippen LogP contribution in [0.3, 0.4) is 0 Å². The highest BCUT2D eigenvalue weighted by Crippen LogP contribution is 2.31. The first-order valence-electron chi connectivity index (χ1n) is 9.81. The molecular formula is C22H27N3O. The summed E-state index contributed by atoms with van der Waals surface area (Å²) in [5.41, 5.74) is 3.39. The van der Waals surface area contributed by atoms with Crippen molar-refractivity contribution in [2.24, 2.45) is 0 Å². The van der Waals surface area contributed by atoms with Gasteiger partial charge in [-0.25, -0.2) is 0 Å². The van der Waals surface area contributed by atoms with Crippen molar-refractivity contribution in [3.8, 4) is 0 Å².